The number of ether oxygens (including phenoxy) is 1. The van der Waals surface area contributed by atoms with Crippen LogP contribution in [0.1, 0.15) is 32.6 Å². The van der Waals surface area contributed by atoms with Crippen molar-refractivity contribution in [2.45, 2.75) is 38.2 Å². The molecule has 0 aromatic carbocycles. The molecule has 1 aliphatic heterocycles. The van der Waals surface area contributed by atoms with E-state index in [4.69, 9.17) is 10.5 Å². The van der Waals surface area contributed by atoms with Crippen molar-refractivity contribution in [1.29, 1.82) is 0 Å². The largest absolute Gasteiger partial charge is 0.374 e. The van der Waals surface area contributed by atoms with Gasteiger partial charge in [0, 0.05) is 13.2 Å². The molecule has 10 heavy (non-hydrogen) atoms. The van der Waals surface area contributed by atoms with E-state index >= 15 is 0 Å². The second-order valence-corrected chi connectivity index (χ2v) is 3.31. The van der Waals surface area contributed by atoms with Gasteiger partial charge in [0.15, 0.2) is 0 Å². The Morgan fingerprint density at radius 2 is 2.20 bits per heavy atom. The second-order valence-electron chi connectivity index (χ2n) is 3.31. The first-order valence-electron chi connectivity index (χ1n) is 4.11. The zero-order chi connectivity index (χ0) is 7.45. The van der Waals surface area contributed by atoms with E-state index in [0.29, 0.717) is 6.54 Å². The molecule has 1 saturated heterocycles. The van der Waals surface area contributed by atoms with Gasteiger partial charge in [-0.1, -0.05) is 12.8 Å². The van der Waals surface area contributed by atoms with E-state index in [-0.39, 0.29) is 5.60 Å². The van der Waals surface area contributed by atoms with Crippen LogP contribution in [0.3, 0.4) is 0 Å². The summed E-state index contributed by atoms with van der Waals surface area (Å²) >= 11 is 0. The fourth-order valence-electron chi connectivity index (χ4n) is 1.33. The Labute approximate surface area is 62.7 Å². The third-order valence-electron chi connectivity index (χ3n) is 2.23. The van der Waals surface area contributed by atoms with E-state index in [1.165, 1.54) is 19.3 Å². The minimum atomic E-state index is -0.0174. The van der Waals surface area contributed by atoms with Crippen LogP contribution in [-0.4, -0.2) is 18.8 Å². The molecule has 60 valence electrons. The first kappa shape index (κ1) is 8.02. The SMILES string of the molecule is CC1(CN)CCCCCO1. The number of hydrogen-bond donors (Lipinski definition) is 1. The van der Waals surface area contributed by atoms with Gasteiger partial charge in [-0.3, -0.25) is 0 Å². The van der Waals surface area contributed by atoms with Crippen LogP contribution in [0.25, 0.3) is 0 Å². The van der Waals surface area contributed by atoms with Crippen LogP contribution in [0.15, 0.2) is 0 Å². The molecule has 0 radical (unpaired) electrons. The molecular weight excluding hydrogens is 126 g/mol. The van der Waals surface area contributed by atoms with E-state index in [1.807, 2.05) is 0 Å². The van der Waals surface area contributed by atoms with Gasteiger partial charge in [-0.05, 0) is 19.8 Å². The fraction of sp³-hybridized carbons (Fsp3) is 1.00. The quantitative estimate of drug-likeness (QED) is 0.600. The first-order chi connectivity index (χ1) is 4.77. The van der Waals surface area contributed by atoms with Crippen LogP contribution in [0, 0.1) is 0 Å². The molecule has 1 rings (SSSR count). The van der Waals surface area contributed by atoms with E-state index < -0.39 is 0 Å². The summed E-state index contributed by atoms with van der Waals surface area (Å²) in [6.07, 6.45) is 4.91. The summed E-state index contributed by atoms with van der Waals surface area (Å²) < 4.78 is 5.61. The molecule has 1 unspecified atom stereocenters. The second kappa shape index (κ2) is 3.35. The van der Waals surface area contributed by atoms with Crippen LogP contribution < -0.4 is 5.73 Å². The highest BCUT2D eigenvalue weighted by atomic mass is 16.5. The third-order valence-corrected chi connectivity index (χ3v) is 2.23. The lowest BCUT2D eigenvalue weighted by Gasteiger charge is -2.25. The van der Waals surface area contributed by atoms with Crippen molar-refractivity contribution in [3.8, 4) is 0 Å². The summed E-state index contributed by atoms with van der Waals surface area (Å²) in [4.78, 5) is 0. The molecule has 0 aromatic rings. The van der Waals surface area contributed by atoms with Gasteiger partial charge in [0.25, 0.3) is 0 Å². The van der Waals surface area contributed by atoms with Crippen molar-refractivity contribution in [3.63, 3.8) is 0 Å². The van der Waals surface area contributed by atoms with E-state index in [9.17, 15) is 0 Å². The average molecular weight is 143 g/mol. The molecular formula is C8H17NO. The Bertz CT molecular complexity index is 95.4. The van der Waals surface area contributed by atoms with Crippen LogP contribution in [0.4, 0.5) is 0 Å². The van der Waals surface area contributed by atoms with E-state index in [0.717, 1.165) is 13.0 Å². The molecule has 2 heteroatoms. The summed E-state index contributed by atoms with van der Waals surface area (Å²) in [7, 11) is 0. The van der Waals surface area contributed by atoms with E-state index in [1.54, 1.807) is 0 Å². The van der Waals surface area contributed by atoms with Gasteiger partial charge in [-0.15, -0.1) is 0 Å². The maximum Gasteiger partial charge on any atom is 0.0776 e. The molecule has 2 nitrogen and oxygen atoms in total. The summed E-state index contributed by atoms with van der Waals surface area (Å²) in [5.41, 5.74) is 5.56. The minimum Gasteiger partial charge on any atom is -0.374 e. The molecule has 0 aromatic heterocycles. The Morgan fingerprint density at radius 1 is 1.40 bits per heavy atom. The Morgan fingerprint density at radius 3 is 2.90 bits per heavy atom. The fourth-order valence-corrected chi connectivity index (χ4v) is 1.33. The standard InChI is InChI=1S/C8H17NO/c1-8(7-9)5-3-2-4-6-10-8/h2-7,9H2,1H3. The highest BCUT2D eigenvalue weighted by molar-refractivity contribution is 4.77. The van der Waals surface area contributed by atoms with Crippen LogP contribution >= 0.6 is 0 Å². The van der Waals surface area contributed by atoms with Crippen molar-refractivity contribution >= 4 is 0 Å². The van der Waals surface area contributed by atoms with Gasteiger partial charge < -0.3 is 10.5 Å². The maximum atomic E-state index is 5.61. The highest BCUT2D eigenvalue weighted by Gasteiger charge is 2.24. The number of rotatable bonds is 1. The predicted molar refractivity (Wildman–Crippen MR) is 41.9 cm³/mol. The topological polar surface area (TPSA) is 35.2 Å². The molecule has 1 fully saturated rings. The lowest BCUT2D eigenvalue weighted by Crippen LogP contribution is -2.36. The summed E-state index contributed by atoms with van der Waals surface area (Å²) in [5, 5.41) is 0. The molecule has 0 bridgehead atoms. The first-order valence-corrected chi connectivity index (χ1v) is 4.11. The zero-order valence-corrected chi connectivity index (χ0v) is 6.73. The monoisotopic (exact) mass is 143 g/mol. The van der Waals surface area contributed by atoms with Gasteiger partial charge in [0.2, 0.25) is 0 Å². The van der Waals surface area contributed by atoms with Crippen molar-refractivity contribution in [1.82, 2.24) is 0 Å². The molecule has 1 aliphatic rings. The summed E-state index contributed by atoms with van der Waals surface area (Å²) in [6.45, 7) is 3.67. The molecule has 0 aliphatic carbocycles. The average Bonchev–Trinajstić information content (AvgIpc) is 2.15. The lowest BCUT2D eigenvalue weighted by atomic mass is 10.00. The Hall–Kier alpha value is -0.0800. The third kappa shape index (κ3) is 1.96. The van der Waals surface area contributed by atoms with Gasteiger partial charge in [-0.25, -0.2) is 0 Å². The molecule has 2 N–H and O–H groups in total. The number of nitrogens with two attached hydrogens (primary N) is 1. The highest BCUT2D eigenvalue weighted by Crippen LogP contribution is 2.22. The molecule has 0 amide bonds. The van der Waals surface area contributed by atoms with Gasteiger partial charge in [0.05, 0.1) is 5.60 Å². The van der Waals surface area contributed by atoms with Crippen molar-refractivity contribution in [3.05, 3.63) is 0 Å². The molecule has 0 saturated carbocycles. The van der Waals surface area contributed by atoms with Crippen molar-refractivity contribution in [2.75, 3.05) is 13.2 Å². The Balaban J connectivity index is 2.41. The summed E-state index contributed by atoms with van der Waals surface area (Å²) in [5.74, 6) is 0. The smallest absolute Gasteiger partial charge is 0.0776 e. The zero-order valence-electron chi connectivity index (χ0n) is 6.73. The summed E-state index contributed by atoms with van der Waals surface area (Å²) in [6, 6.07) is 0. The van der Waals surface area contributed by atoms with Gasteiger partial charge in [-0.2, -0.15) is 0 Å². The Kier molecular flexibility index (Phi) is 2.69. The van der Waals surface area contributed by atoms with Crippen molar-refractivity contribution < 1.29 is 4.74 Å². The van der Waals surface area contributed by atoms with Gasteiger partial charge >= 0.3 is 0 Å². The molecule has 1 heterocycles. The van der Waals surface area contributed by atoms with E-state index in [2.05, 4.69) is 6.92 Å². The minimum absolute atomic E-state index is 0.0174. The maximum absolute atomic E-state index is 5.61. The molecule has 1 atom stereocenters. The normalized spacial score (nSPS) is 35.4. The van der Waals surface area contributed by atoms with Gasteiger partial charge in [0.1, 0.15) is 0 Å². The van der Waals surface area contributed by atoms with Crippen LogP contribution in [-0.2, 0) is 4.74 Å². The lowest BCUT2D eigenvalue weighted by molar-refractivity contribution is -0.0206. The number of hydrogen-bond acceptors (Lipinski definition) is 2. The van der Waals surface area contributed by atoms with Crippen LogP contribution in [0.5, 0.6) is 0 Å². The van der Waals surface area contributed by atoms with Crippen LogP contribution in [0.2, 0.25) is 0 Å². The van der Waals surface area contributed by atoms with Crippen molar-refractivity contribution in [2.24, 2.45) is 5.73 Å². The predicted octanol–water partition coefficient (Wildman–Crippen LogP) is 1.29. The molecule has 0 spiro atoms.